The Morgan fingerprint density at radius 1 is 1.12 bits per heavy atom. The molecular weight excluding hydrogens is 298 g/mol. The van der Waals surface area contributed by atoms with Crippen molar-refractivity contribution in [3.05, 3.63) is 23.1 Å². The average molecular weight is 327 g/mol. The Morgan fingerprint density at radius 2 is 1.92 bits per heavy atom. The summed E-state index contributed by atoms with van der Waals surface area (Å²) in [6.07, 6.45) is 12.4. The molecule has 1 heterocycles. The molecule has 0 unspecified atom stereocenters. The van der Waals surface area contributed by atoms with E-state index in [9.17, 15) is 5.11 Å². The maximum absolute atomic E-state index is 11.0. The molecule has 3 heteroatoms. The summed E-state index contributed by atoms with van der Waals surface area (Å²) >= 11 is 0. The van der Waals surface area contributed by atoms with Crippen molar-refractivity contribution in [3.8, 4) is 0 Å². The molecule has 0 aliphatic heterocycles. The molecule has 1 N–H and O–H groups in total. The van der Waals surface area contributed by atoms with Gasteiger partial charge in [0.25, 0.3) is 0 Å². The summed E-state index contributed by atoms with van der Waals surface area (Å²) in [5.41, 5.74) is 2.77. The molecule has 3 nitrogen and oxygen atoms in total. The van der Waals surface area contributed by atoms with Gasteiger partial charge < -0.3 is 9.63 Å². The highest BCUT2D eigenvalue weighted by Crippen LogP contribution is 2.67. The third kappa shape index (κ3) is 1.70. The third-order valence-corrected chi connectivity index (χ3v) is 8.84. The Labute approximate surface area is 144 Å². The molecule has 130 valence electrons. The fourth-order valence-electron chi connectivity index (χ4n) is 7.13. The van der Waals surface area contributed by atoms with E-state index in [1.54, 1.807) is 5.57 Å². The first-order chi connectivity index (χ1) is 11.4. The number of allylic oxidation sites excluding steroid dienone is 1. The molecule has 5 rings (SSSR count). The van der Waals surface area contributed by atoms with Crippen LogP contribution < -0.4 is 0 Å². The van der Waals surface area contributed by atoms with E-state index in [-0.39, 0.29) is 10.8 Å². The number of hydrogen-bond donors (Lipinski definition) is 1. The van der Waals surface area contributed by atoms with Gasteiger partial charge >= 0.3 is 0 Å². The van der Waals surface area contributed by atoms with Crippen molar-refractivity contribution in [1.82, 2.24) is 5.16 Å². The standard InChI is InChI=1S/C21H29NO2/c1-19-11-13-12-22-24-18(13)10-14(19)4-5-15-16(19)6-8-20(2)17(15)7-9-21(20,3)23/h10,12,15-17,23H,4-9,11H2,1-3H3/t15-,16+,17-,19+,20+,21+/m0/s1. The Balaban J connectivity index is 1.53. The molecule has 0 radical (unpaired) electrons. The Bertz CT molecular complexity index is 717. The van der Waals surface area contributed by atoms with E-state index in [1.807, 2.05) is 6.20 Å². The molecule has 1 aromatic rings. The van der Waals surface area contributed by atoms with Crippen LogP contribution in [0.3, 0.4) is 0 Å². The van der Waals surface area contributed by atoms with Gasteiger partial charge in [-0.25, -0.2) is 0 Å². The molecule has 0 aromatic carbocycles. The van der Waals surface area contributed by atoms with E-state index in [0.717, 1.165) is 30.4 Å². The SMILES string of the molecule is C[C@@]12Cc3cnoc3C=C1CC[C@H]1[C@H]2CC[C@]2(C)[C@H]1CC[C@@]2(C)O. The number of hydrogen-bond acceptors (Lipinski definition) is 3. The highest BCUT2D eigenvalue weighted by atomic mass is 16.5. The molecule has 4 aliphatic carbocycles. The second-order valence-electron chi connectivity index (χ2n) is 9.66. The van der Waals surface area contributed by atoms with Crippen LogP contribution in [-0.2, 0) is 6.42 Å². The van der Waals surface area contributed by atoms with E-state index >= 15 is 0 Å². The second-order valence-corrected chi connectivity index (χ2v) is 9.66. The highest BCUT2D eigenvalue weighted by Gasteiger charge is 2.62. The van der Waals surface area contributed by atoms with Crippen molar-refractivity contribution >= 4 is 6.08 Å². The predicted molar refractivity (Wildman–Crippen MR) is 93.2 cm³/mol. The quantitative estimate of drug-likeness (QED) is 0.757. The number of nitrogens with zero attached hydrogens (tertiary/aromatic N) is 1. The van der Waals surface area contributed by atoms with Gasteiger partial charge in [0.05, 0.1) is 11.8 Å². The van der Waals surface area contributed by atoms with Gasteiger partial charge in [-0.1, -0.05) is 24.6 Å². The van der Waals surface area contributed by atoms with Crippen LogP contribution in [0.5, 0.6) is 0 Å². The first-order valence-corrected chi connectivity index (χ1v) is 9.72. The summed E-state index contributed by atoms with van der Waals surface area (Å²) in [6, 6.07) is 0. The van der Waals surface area contributed by atoms with Gasteiger partial charge in [0.2, 0.25) is 0 Å². The average Bonchev–Trinajstić information content (AvgIpc) is 3.06. The predicted octanol–water partition coefficient (Wildman–Crippen LogP) is 4.61. The van der Waals surface area contributed by atoms with Crippen molar-refractivity contribution in [3.63, 3.8) is 0 Å². The van der Waals surface area contributed by atoms with Crippen LogP contribution in [0.15, 0.2) is 16.3 Å². The second kappa shape index (κ2) is 4.55. The van der Waals surface area contributed by atoms with Crippen LogP contribution in [0.4, 0.5) is 0 Å². The number of aliphatic hydroxyl groups is 1. The number of aromatic nitrogens is 1. The maximum Gasteiger partial charge on any atom is 0.162 e. The fourth-order valence-corrected chi connectivity index (χ4v) is 7.13. The summed E-state index contributed by atoms with van der Waals surface area (Å²) in [6.45, 7) is 6.95. The van der Waals surface area contributed by atoms with E-state index < -0.39 is 5.60 Å². The van der Waals surface area contributed by atoms with Crippen LogP contribution in [0.1, 0.15) is 70.6 Å². The van der Waals surface area contributed by atoms with E-state index in [4.69, 9.17) is 4.52 Å². The lowest BCUT2D eigenvalue weighted by Crippen LogP contribution is -2.54. The molecule has 0 amide bonds. The molecule has 3 saturated carbocycles. The van der Waals surface area contributed by atoms with Crippen LogP contribution in [0.2, 0.25) is 0 Å². The zero-order valence-electron chi connectivity index (χ0n) is 15.1. The third-order valence-electron chi connectivity index (χ3n) is 8.84. The summed E-state index contributed by atoms with van der Waals surface area (Å²) in [4.78, 5) is 0. The van der Waals surface area contributed by atoms with Crippen LogP contribution in [-0.4, -0.2) is 15.9 Å². The molecule has 0 spiro atoms. The lowest BCUT2D eigenvalue weighted by Gasteiger charge is -2.58. The van der Waals surface area contributed by atoms with Crippen molar-refractivity contribution in [2.75, 3.05) is 0 Å². The summed E-state index contributed by atoms with van der Waals surface area (Å²) in [7, 11) is 0. The summed E-state index contributed by atoms with van der Waals surface area (Å²) < 4.78 is 5.44. The van der Waals surface area contributed by atoms with Crippen molar-refractivity contribution in [1.29, 1.82) is 0 Å². The largest absolute Gasteiger partial charge is 0.390 e. The summed E-state index contributed by atoms with van der Waals surface area (Å²) in [5.74, 6) is 3.19. The molecule has 6 atom stereocenters. The topological polar surface area (TPSA) is 46.3 Å². The monoisotopic (exact) mass is 327 g/mol. The zero-order chi connectivity index (χ0) is 16.7. The molecule has 4 aliphatic rings. The lowest BCUT2D eigenvalue weighted by atomic mass is 9.46. The highest BCUT2D eigenvalue weighted by molar-refractivity contribution is 5.57. The lowest BCUT2D eigenvalue weighted by molar-refractivity contribution is -0.116. The van der Waals surface area contributed by atoms with Crippen LogP contribution in [0, 0.1) is 28.6 Å². The first-order valence-electron chi connectivity index (χ1n) is 9.72. The molecule has 3 fully saturated rings. The van der Waals surface area contributed by atoms with E-state index in [2.05, 4.69) is 32.0 Å². The Morgan fingerprint density at radius 3 is 2.75 bits per heavy atom. The van der Waals surface area contributed by atoms with Gasteiger partial charge in [0, 0.05) is 5.56 Å². The molecule has 0 bridgehead atoms. The van der Waals surface area contributed by atoms with Crippen molar-refractivity contribution in [2.24, 2.45) is 28.6 Å². The molecule has 24 heavy (non-hydrogen) atoms. The summed E-state index contributed by atoms with van der Waals surface area (Å²) in [5, 5.41) is 15.0. The van der Waals surface area contributed by atoms with E-state index in [0.29, 0.717) is 5.92 Å². The number of fused-ring (bicyclic) bond motifs is 6. The maximum atomic E-state index is 11.0. The molecular formula is C21H29NO2. The molecule has 1 aromatic heterocycles. The van der Waals surface area contributed by atoms with Gasteiger partial charge in [0.1, 0.15) is 0 Å². The smallest absolute Gasteiger partial charge is 0.162 e. The van der Waals surface area contributed by atoms with Crippen molar-refractivity contribution in [2.45, 2.75) is 71.3 Å². The van der Waals surface area contributed by atoms with Crippen LogP contribution in [0.25, 0.3) is 6.08 Å². The number of rotatable bonds is 0. The Hall–Kier alpha value is -1.09. The van der Waals surface area contributed by atoms with Gasteiger partial charge in [-0.15, -0.1) is 0 Å². The minimum absolute atomic E-state index is 0.114. The van der Waals surface area contributed by atoms with E-state index in [1.165, 1.54) is 37.7 Å². The minimum Gasteiger partial charge on any atom is -0.390 e. The van der Waals surface area contributed by atoms with Crippen LogP contribution >= 0.6 is 0 Å². The normalized spacial score (nSPS) is 49.7. The Kier molecular flexibility index (Phi) is 2.88. The fraction of sp³-hybridized carbons (Fsp3) is 0.762. The van der Waals surface area contributed by atoms with Gasteiger partial charge in [-0.3, -0.25) is 0 Å². The van der Waals surface area contributed by atoms with Gasteiger partial charge in [0.15, 0.2) is 5.76 Å². The first kappa shape index (κ1) is 15.2. The minimum atomic E-state index is -0.478. The van der Waals surface area contributed by atoms with Gasteiger partial charge in [-0.05, 0) is 86.5 Å². The molecule has 0 saturated heterocycles. The van der Waals surface area contributed by atoms with Crippen molar-refractivity contribution < 1.29 is 9.63 Å². The zero-order valence-corrected chi connectivity index (χ0v) is 15.1. The van der Waals surface area contributed by atoms with Gasteiger partial charge in [-0.2, -0.15) is 0 Å².